The lowest BCUT2D eigenvalue weighted by Gasteiger charge is -2.07. The van der Waals surface area contributed by atoms with E-state index < -0.39 is 5.82 Å². The van der Waals surface area contributed by atoms with Crippen LogP contribution in [-0.2, 0) is 13.0 Å². The maximum atomic E-state index is 13.5. The summed E-state index contributed by atoms with van der Waals surface area (Å²) in [7, 11) is 0. The summed E-state index contributed by atoms with van der Waals surface area (Å²) in [5.41, 5.74) is 7.77. The summed E-state index contributed by atoms with van der Waals surface area (Å²) in [6.45, 7) is 1.27. The van der Waals surface area contributed by atoms with Crippen LogP contribution in [0.5, 0.6) is 0 Å². The molecule has 1 heterocycles. The van der Waals surface area contributed by atoms with Gasteiger partial charge in [0.25, 0.3) is 0 Å². The van der Waals surface area contributed by atoms with Crippen LogP contribution in [0.4, 0.5) is 4.39 Å². The first-order valence-corrected chi connectivity index (χ1v) is 6.56. The second kappa shape index (κ2) is 7.35. The van der Waals surface area contributed by atoms with Gasteiger partial charge in [0, 0.05) is 24.5 Å². The monoisotopic (exact) mass is 288 g/mol. The van der Waals surface area contributed by atoms with Gasteiger partial charge in [-0.3, -0.25) is 4.98 Å². The fraction of sp³-hybridized carbons (Fsp3) is 0.200. The van der Waals surface area contributed by atoms with Crippen molar-refractivity contribution in [2.75, 3.05) is 6.54 Å². The van der Waals surface area contributed by atoms with Crippen LogP contribution in [0.25, 0.3) is 0 Å². The number of pyridine rings is 1. The second-order valence-electron chi connectivity index (χ2n) is 4.62. The molecule has 0 saturated heterocycles. The number of nitrogens with zero attached hydrogens (tertiary/aromatic N) is 2. The molecule has 1 aromatic carbocycles. The van der Waals surface area contributed by atoms with E-state index in [9.17, 15) is 4.39 Å². The summed E-state index contributed by atoms with van der Waals surface area (Å²) in [5, 5.41) is 14.7. The van der Waals surface area contributed by atoms with Gasteiger partial charge in [-0.2, -0.15) is 0 Å². The standard InChI is InChI=1S/C15H17FN4O/c16-14-8-12(7-13(9-14)15(17)20-21)10-19-6-3-11-1-4-18-5-2-11/h1-2,4-5,7-9,19,21H,3,6,10H2,(H2,17,20). The van der Waals surface area contributed by atoms with Crippen molar-refractivity contribution in [3.05, 3.63) is 65.2 Å². The van der Waals surface area contributed by atoms with Crippen LogP contribution >= 0.6 is 0 Å². The van der Waals surface area contributed by atoms with E-state index in [0.717, 1.165) is 18.5 Å². The van der Waals surface area contributed by atoms with E-state index in [-0.39, 0.29) is 5.84 Å². The minimum absolute atomic E-state index is 0.104. The minimum atomic E-state index is -0.412. The predicted molar refractivity (Wildman–Crippen MR) is 78.6 cm³/mol. The van der Waals surface area contributed by atoms with Gasteiger partial charge >= 0.3 is 0 Å². The first kappa shape index (κ1) is 14.9. The number of amidine groups is 1. The quantitative estimate of drug-likeness (QED) is 0.248. The molecule has 21 heavy (non-hydrogen) atoms. The van der Waals surface area contributed by atoms with E-state index in [1.165, 1.54) is 17.7 Å². The maximum Gasteiger partial charge on any atom is 0.170 e. The summed E-state index contributed by atoms with van der Waals surface area (Å²) in [6, 6.07) is 8.27. The van der Waals surface area contributed by atoms with Gasteiger partial charge in [0.2, 0.25) is 0 Å². The Morgan fingerprint density at radius 2 is 2.00 bits per heavy atom. The molecule has 0 atom stereocenters. The Morgan fingerprint density at radius 1 is 1.24 bits per heavy atom. The van der Waals surface area contributed by atoms with Crippen molar-refractivity contribution in [1.82, 2.24) is 10.3 Å². The molecule has 0 aliphatic carbocycles. The van der Waals surface area contributed by atoms with Gasteiger partial charge in [-0.15, -0.1) is 0 Å². The van der Waals surface area contributed by atoms with Crippen molar-refractivity contribution in [2.24, 2.45) is 10.9 Å². The highest BCUT2D eigenvalue weighted by Gasteiger charge is 2.04. The van der Waals surface area contributed by atoms with E-state index in [2.05, 4.69) is 15.5 Å². The number of nitrogens with one attached hydrogen (secondary N) is 1. The zero-order valence-corrected chi connectivity index (χ0v) is 11.5. The van der Waals surface area contributed by atoms with Gasteiger partial charge in [-0.25, -0.2) is 4.39 Å². The molecule has 0 saturated carbocycles. The normalized spacial score (nSPS) is 11.6. The summed E-state index contributed by atoms with van der Waals surface area (Å²) < 4.78 is 13.5. The SMILES string of the molecule is N/C(=N/O)c1cc(F)cc(CNCCc2ccncc2)c1. The van der Waals surface area contributed by atoms with Gasteiger partial charge in [-0.1, -0.05) is 5.16 Å². The molecule has 0 fully saturated rings. The molecule has 0 aliphatic heterocycles. The van der Waals surface area contributed by atoms with Crippen molar-refractivity contribution in [1.29, 1.82) is 0 Å². The Hall–Kier alpha value is -2.47. The second-order valence-corrected chi connectivity index (χ2v) is 4.62. The lowest BCUT2D eigenvalue weighted by atomic mass is 10.1. The van der Waals surface area contributed by atoms with Crippen LogP contribution < -0.4 is 11.1 Å². The first-order valence-electron chi connectivity index (χ1n) is 6.56. The lowest BCUT2D eigenvalue weighted by Crippen LogP contribution is -2.18. The van der Waals surface area contributed by atoms with Crippen LogP contribution in [-0.4, -0.2) is 22.6 Å². The van der Waals surface area contributed by atoms with Crippen LogP contribution in [0.15, 0.2) is 47.9 Å². The Kier molecular flexibility index (Phi) is 5.22. The molecular formula is C15H17FN4O. The molecular weight excluding hydrogens is 271 g/mol. The van der Waals surface area contributed by atoms with Crippen molar-refractivity contribution in [3.63, 3.8) is 0 Å². The van der Waals surface area contributed by atoms with Crippen LogP contribution in [0.1, 0.15) is 16.7 Å². The number of hydrogen-bond donors (Lipinski definition) is 3. The number of oxime groups is 1. The molecule has 0 aliphatic rings. The van der Waals surface area contributed by atoms with E-state index in [1.807, 2.05) is 12.1 Å². The summed E-state index contributed by atoms with van der Waals surface area (Å²) in [4.78, 5) is 3.96. The number of hydrogen-bond acceptors (Lipinski definition) is 4. The molecule has 110 valence electrons. The average Bonchev–Trinajstić information content (AvgIpc) is 2.51. The van der Waals surface area contributed by atoms with Gasteiger partial charge in [-0.05, 0) is 54.4 Å². The highest BCUT2D eigenvalue weighted by Crippen LogP contribution is 2.09. The average molecular weight is 288 g/mol. The summed E-state index contributed by atoms with van der Waals surface area (Å²) >= 11 is 0. The van der Waals surface area contributed by atoms with E-state index >= 15 is 0 Å². The fourth-order valence-corrected chi connectivity index (χ4v) is 1.97. The molecule has 5 nitrogen and oxygen atoms in total. The van der Waals surface area contributed by atoms with Crippen molar-refractivity contribution in [3.8, 4) is 0 Å². The lowest BCUT2D eigenvalue weighted by molar-refractivity contribution is 0.318. The van der Waals surface area contributed by atoms with Gasteiger partial charge in [0.15, 0.2) is 5.84 Å². The molecule has 0 amide bonds. The Morgan fingerprint density at radius 3 is 2.71 bits per heavy atom. The number of benzene rings is 1. The van der Waals surface area contributed by atoms with Crippen LogP contribution in [0.2, 0.25) is 0 Å². The molecule has 1 aromatic heterocycles. The van der Waals surface area contributed by atoms with Crippen molar-refractivity contribution < 1.29 is 9.60 Å². The molecule has 0 unspecified atom stereocenters. The third kappa shape index (κ3) is 4.54. The van der Waals surface area contributed by atoms with E-state index in [0.29, 0.717) is 12.1 Å². The minimum Gasteiger partial charge on any atom is -0.409 e. The topological polar surface area (TPSA) is 83.5 Å². The van der Waals surface area contributed by atoms with Gasteiger partial charge in [0.1, 0.15) is 5.82 Å². The number of aromatic nitrogens is 1. The zero-order valence-electron chi connectivity index (χ0n) is 11.5. The molecule has 4 N–H and O–H groups in total. The molecule has 0 spiro atoms. The molecule has 0 radical (unpaired) electrons. The van der Waals surface area contributed by atoms with Crippen LogP contribution in [0.3, 0.4) is 0 Å². The third-order valence-electron chi connectivity index (χ3n) is 3.03. The highest BCUT2D eigenvalue weighted by molar-refractivity contribution is 5.97. The summed E-state index contributed by atoms with van der Waals surface area (Å²) in [6.07, 6.45) is 4.38. The first-order chi connectivity index (χ1) is 10.2. The Balaban J connectivity index is 1.90. The predicted octanol–water partition coefficient (Wildman–Crippen LogP) is 1.65. The zero-order chi connectivity index (χ0) is 15.1. The smallest absolute Gasteiger partial charge is 0.170 e. The fourth-order valence-electron chi connectivity index (χ4n) is 1.97. The third-order valence-corrected chi connectivity index (χ3v) is 3.03. The number of halogens is 1. The van der Waals surface area contributed by atoms with E-state index in [1.54, 1.807) is 18.5 Å². The number of nitrogens with two attached hydrogens (primary N) is 1. The maximum absolute atomic E-state index is 13.5. The van der Waals surface area contributed by atoms with Crippen LogP contribution in [0, 0.1) is 5.82 Å². The Labute approximate surface area is 122 Å². The largest absolute Gasteiger partial charge is 0.409 e. The number of rotatable bonds is 6. The van der Waals surface area contributed by atoms with Gasteiger partial charge in [0.05, 0.1) is 0 Å². The Bertz CT molecular complexity index is 616. The van der Waals surface area contributed by atoms with E-state index in [4.69, 9.17) is 10.9 Å². The molecule has 2 aromatic rings. The molecule has 2 rings (SSSR count). The van der Waals surface area contributed by atoms with Crippen molar-refractivity contribution >= 4 is 5.84 Å². The molecule has 6 heteroatoms. The van der Waals surface area contributed by atoms with Gasteiger partial charge < -0.3 is 16.3 Å². The molecule has 0 bridgehead atoms. The van der Waals surface area contributed by atoms with Crippen molar-refractivity contribution in [2.45, 2.75) is 13.0 Å². The highest BCUT2D eigenvalue weighted by atomic mass is 19.1. The summed E-state index contributed by atoms with van der Waals surface area (Å²) in [5.74, 6) is -0.516.